The zero-order valence-electron chi connectivity index (χ0n) is 12.6. The highest BCUT2D eigenvalue weighted by Crippen LogP contribution is 2.32. The summed E-state index contributed by atoms with van der Waals surface area (Å²) < 4.78 is 6.00. The maximum absolute atomic E-state index is 6.00. The van der Waals surface area contributed by atoms with Crippen LogP contribution in [0.25, 0.3) is 11.0 Å². The van der Waals surface area contributed by atoms with Crippen LogP contribution in [0.4, 0.5) is 0 Å². The van der Waals surface area contributed by atoms with E-state index in [1.807, 2.05) is 19.2 Å². The Kier molecular flexibility index (Phi) is 4.28. The Balaban J connectivity index is 1.89. The lowest BCUT2D eigenvalue weighted by Crippen LogP contribution is -2.26. The van der Waals surface area contributed by atoms with Crippen LogP contribution in [0, 0.1) is 18.3 Å². The zero-order valence-corrected chi connectivity index (χ0v) is 12.6. The second kappa shape index (κ2) is 6.34. The average Bonchev–Trinajstić information content (AvgIpc) is 3.23. The second-order valence-electron chi connectivity index (χ2n) is 5.85. The molecule has 0 bridgehead atoms. The van der Waals surface area contributed by atoms with E-state index in [0.29, 0.717) is 6.54 Å². The largest absolute Gasteiger partial charge is 0.459 e. The number of hydrogen-bond acceptors (Lipinski definition) is 3. The molecule has 1 heterocycles. The van der Waals surface area contributed by atoms with Gasteiger partial charge in [0.2, 0.25) is 0 Å². The number of furan rings is 1. The molecule has 0 atom stereocenters. The fourth-order valence-corrected chi connectivity index (χ4v) is 2.83. The molecule has 0 spiro atoms. The van der Waals surface area contributed by atoms with Crippen molar-refractivity contribution in [3.05, 3.63) is 35.6 Å². The molecule has 1 aliphatic rings. The SMILES string of the molecule is C#CCN(Cc1c(CNC)oc2ccccc12)CC1CC1. The van der Waals surface area contributed by atoms with Crippen molar-refractivity contribution in [2.24, 2.45) is 5.92 Å². The van der Waals surface area contributed by atoms with Crippen molar-refractivity contribution in [1.29, 1.82) is 0 Å². The van der Waals surface area contributed by atoms with Gasteiger partial charge in [-0.15, -0.1) is 6.42 Å². The Morgan fingerprint density at radius 1 is 1.38 bits per heavy atom. The molecule has 1 aromatic heterocycles. The van der Waals surface area contributed by atoms with Crippen molar-refractivity contribution in [1.82, 2.24) is 10.2 Å². The molecule has 3 nitrogen and oxygen atoms in total. The molecule has 3 heteroatoms. The maximum atomic E-state index is 6.00. The van der Waals surface area contributed by atoms with E-state index in [-0.39, 0.29) is 0 Å². The van der Waals surface area contributed by atoms with Gasteiger partial charge in [0.1, 0.15) is 11.3 Å². The molecule has 0 unspecified atom stereocenters. The minimum Gasteiger partial charge on any atom is -0.459 e. The molecule has 1 saturated carbocycles. The van der Waals surface area contributed by atoms with Gasteiger partial charge in [-0.2, -0.15) is 0 Å². The van der Waals surface area contributed by atoms with E-state index in [4.69, 9.17) is 10.8 Å². The van der Waals surface area contributed by atoms with Gasteiger partial charge in [-0.1, -0.05) is 24.1 Å². The predicted molar refractivity (Wildman–Crippen MR) is 85.8 cm³/mol. The van der Waals surface area contributed by atoms with Gasteiger partial charge in [-0.05, 0) is 31.9 Å². The van der Waals surface area contributed by atoms with Crippen LogP contribution < -0.4 is 5.32 Å². The Labute approximate surface area is 126 Å². The van der Waals surface area contributed by atoms with Gasteiger partial charge in [0, 0.05) is 24.0 Å². The minimum atomic E-state index is 0.703. The number of benzene rings is 1. The molecule has 110 valence electrons. The molecular weight excluding hydrogens is 260 g/mol. The summed E-state index contributed by atoms with van der Waals surface area (Å²) in [5.41, 5.74) is 2.24. The first-order valence-corrected chi connectivity index (χ1v) is 7.61. The van der Waals surface area contributed by atoms with Crippen molar-refractivity contribution in [3.8, 4) is 12.3 Å². The third kappa shape index (κ3) is 3.29. The quantitative estimate of drug-likeness (QED) is 0.791. The number of nitrogens with zero attached hydrogens (tertiary/aromatic N) is 1. The van der Waals surface area contributed by atoms with Crippen LogP contribution in [0.2, 0.25) is 0 Å². The number of fused-ring (bicyclic) bond motifs is 1. The molecule has 21 heavy (non-hydrogen) atoms. The molecule has 3 rings (SSSR count). The van der Waals surface area contributed by atoms with Crippen LogP contribution in [0.1, 0.15) is 24.2 Å². The Morgan fingerprint density at radius 3 is 2.90 bits per heavy atom. The Hall–Kier alpha value is -1.76. The molecule has 0 radical (unpaired) electrons. The summed E-state index contributed by atoms with van der Waals surface area (Å²) in [6, 6.07) is 8.25. The Bertz CT molecular complexity index is 649. The van der Waals surface area contributed by atoms with Crippen molar-refractivity contribution >= 4 is 11.0 Å². The highest BCUT2D eigenvalue weighted by Gasteiger charge is 2.25. The highest BCUT2D eigenvalue weighted by molar-refractivity contribution is 5.82. The summed E-state index contributed by atoms with van der Waals surface area (Å²) in [4.78, 5) is 2.37. The summed E-state index contributed by atoms with van der Waals surface area (Å²) in [7, 11) is 1.94. The van der Waals surface area contributed by atoms with Gasteiger partial charge in [0.15, 0.2) is 0 Å². The number of terminal acetylenes is 1. The van der Waals surface area contributed by atoms with E-state index in [2.05, 4.69) is 28.3 Å². The fraction of sp³-hybridized carbons (Fsp3) is 0.444. The monoisotopic (exact) mass is 282 g/mol. The summed E-state index contributed by atoms with van der Waals surface area (Å²) in [5, 5.41) is 4.40. The van der Waals surface area contributed by atoms with E-state index in [1.54, 1.807) is 0 Å². The van der Waals surface area contributed by atoms with Crippen molar-refractivity contribution in [2.75, 3.05) is 20.1 Å². The predicted octanol–water partition coefficient (Wildman–Crippen LogP) is 3.00. The smallest absolute Gasteiger partial charge is 0.134 e. The maximum Gasteiger partial charge on any atom is 0.134 e. The van der Waals surface area contributed by atoms with Crippen molar-refractivity contribution in [2.45, 2.75) is 25.9 Å². The van der Waals surface area contributed by atoms with Gasteiger partial charge >= 0.3 is 0 Å². The molecule has 1 fully saturated rings. The van der Waals surface area contributed by atoms with E-state index in [1.165, 1.54) is 23.8 Å². The number of rotatable bonds is 7. The molecule has 1 aliphatic carbocycles. The number of hydrogen-bond donors (Lipinski definition) is 1. The second-order valence-corrected chi connectivity index (χ2v) is 5.85. The first-order valence-electron chi connectivity index (χ1n) is 7.61. The first kappa shape index (κ1) is 14.2. The summed E-state index contributed by atoms with van der Waals surface area (Å²) >= 11 is 0. The van der Waals surface area contributed by atoms with Crippen LogP contribution in [0.15, 0.2) is 28.7 Å². The molecule has 0 aliphatic heterocycles. The van der Waals surface area contributed by atoms with Crippen LogP contribution in [-0.4, -0.2) is 25.0 Å². The average molecular weight is 282 g/mol. The Morgan fingerprint density at radius 2 is 2.19 bits per heavy atom. The van der Waals surface area contributed by atoms with Crippen LogP contribution in [0.3, 0.4) is 0 Å². The van der Waals surface area contributed by atoms with Gasteiger partial charge in [0.25, 0.3) is 0 Å². The van der Waals surface area contributed by atoms with Gasteiger partial charge in [-0.3, -0.25) is 4.90 Å². The molecule has 1 aromatic carbocycles. The molecule has 0 saturated heterocycles. The molecular formula is C18H22N2O. The number of para-hydroxylation sites is 1. The fourth-order valence-electron chi connectivity index (χ4n) is 2.83. The van der Waals surface area contributed by atoms with Gasteiger partial charge < -0.3 is 9.73 Å². The van der Waals surface area contributed by atoms with Crippen LogP contribution in [0.5, 0.6) is 0 Å². The van der Waals surface area contributed by atoms with E-state index < -0.39 is 0 Å². The minimum absolute atomic E-state index is 0.703. The zero-order chi connectivity index (χ0) is 14.7. The van der Waals surface area contributed by atoms with Crippen molar-refractivity contribution < 1.29 is 4.42 Å². The lowest BCUT2D eigenvalue weighted by atomic mass is 10.1. The van der Waals surface area contributed by atoms with Crippen molar-refractivity contribution in [3.63, 3.8) is 0 Å². The van der Waals surface area contributed by atoms with Gasteiger partial charge in [-0.25, -0.2) is 0 Å². The molecule has 1 N–H and O–H groups in total. The summed E-state index contributed by atoms with van der Waals surface area (Å²) in [6.07, 6.45) is 8.22. The number of nitrogens with one attached hydrogen (secondary N) is 1. The van der Waals surface area contributed by atoms with E-state index in [9.17, 15) is 0 Å². The standard InChI is InChI=1S/C18H22N2O/c1-3-10-20(12-14-8-9-14)13-16-15-6-4-5-7-17(15)21-18(16)11-19-2/h1,4-7,14,19H,8-13H2,2H3. The third-order valence-electron chi connectivity index (χ3n) is 4.03. The third-order valence-corrected chi connectivity index (χ3v) is 4.03. The first-order chi connectivity index (χ1) is 10.3. The molecule has 2 aromatic rings. The van der Waals surface area contributed by atoms with Crippen LogP contribution in [-0.2, 0) is 13.1 Å². The normalized spacial score (nSPS) is 14.7. The lowest BCUT2D eigenvalue weighted by Gasteiger charge is -2.19. The topological polar surface area (TPSA) is 28.4 Å². The highest BCUT2D eigenvalue weighted by atomic mass is 16.3. The summed E-state index contributed by atoms with van der Waals surface area (Å²) in [5.74, 6) is 4.65. The van der Waals surface area contributed by atoms with E-state index >= 15 is 0 Å². The van der Waals surface area contributed by atoms with Crippen LogP contribution >= 0.6 is 0 Å². The van der Waals surface area contributed by atoms with Gasteiger partial charge in [0.05, 0.1) is 13.1 Å². The summed E-state index contributed by atoms with van der Waals surface area (Å²) in [6.45, 7) is 3.42. The van der Waals surface area contributed by atoms with E-state index in [0.717, 1.165) is 36.9 Å². The lowest BCUT2D eigenvalue weighted by molar-refractivity contribution is 0.284. The molecule has 0 amide bonds.